The van der Waals surface area contributed by atoms with Gasteiger partial charge in [-0.25, -0.2) is 14.4 Å². The van der Waals surface area contributed by atoms with Crippen molar-refractivity contribution in [3.05, 3.63) is 82.4 Å². The lowest BCUT2D eigenvalue weighted by atomic mass is 9.44. The van der Waals surface area contributed by atoms with E-state index in [9.17, 15) is 49.5 Å². The maximum atomic E-state index is 15.0. The monoisotopic (exact) mass is 837 g/mol. The first-order chi connectivity index (χ1) is 27.9. The van der Waals surface area contributed by atoms with Crippen molar-refractivity contribution in [3.8, 4) is 0 Å². The average Bonchev–Trinajstić information content (AvgIpc) is 3.17. The molecule has 2 aromatic carbocycles. The maximum absolute atomic E-state index is 15.0. The Balaban J connectivity index is 1.49. The van der Waals surface area contributed by atoms with E-state index in [1.165, 1.54) is 52.0 Å². The summed E-state index contributed by atoms with van der Waals surface area (Å²) in [5.74, 6) is -5.49. The minimum atomic E-state index is -2.39. The summed E-state index contributed by atoms with van der Waals surface area (Å²) in [5.41, 5.74) is -8.07. The Morgan fingerprint density at radius 1 is 1.00 bits per heavy atom. The molecule has 16 heteroatoms. The number of aliphatic hydroxyl groups is 5. The molecule has 0 spiro atoms. The molecule has 6 rings (SSSR count). The fourth-order valence-electron chi connectivity index (χ4n) is 9.78. The molecule has 1 saturated heterocycles. The zero-order chi connectivity index (χ0) is 44.3. The molecule has 11 atom stereocenters. The number of hydrogen-bond donors (Lipinski definition) is 6. The molecule has 3 fully saturated rings. The number of rotatable bonds is 9. The molecule has 0 unspecified atom stereocenters. The van der Waals surface area contributed by atoms with Crippen molar-refractivity contribution in [2.45, 2.75) is 134 Å². The van der Waals surface area contributed by atoms with E-state index in [4.69, 9.17) is 23.7 Å². The number of esters is 3. The number of amides is 1. The number of nitrogens with one attached hydrogen (secondary N) is 1. The topological polar surface area (TPSA) is 245 Å². The molecule has 1 heterocycles. The van der Waals surface area contributed by atoms with E-state index in [1.807, 2.05) is 0 Å². The largest absolute Gasteiger partial charge is 0.456 e. The molecular weight excluding hydrogens is 782 g/mol. The highest BCUT2D eigenvalue weighted by Crippen LogP contribution is 2.64. The van der Waals surface area contributed by atoms with Crippen LogP contribution in [0.5, 0.6) is 0 Å². The number of hydrogen-bond acceptors (Lipinski definition) is 15. The molecule has 1 amide bonds. The van der Waals surface area contributed by atoms with Gasteiger partial charge in [-0.05, 0) is 69.0 Å². The van der Waals surface area contributed by atoms with Crippen LogP contribution in [0.2, 0.25) is 0 Å². The summed E-state index contributed by atoms with van der Waals surface area (Å²) in [5, 5.41) is 61.5. The average molecular weight is 838 g/mol. The molecule has 2 bridgehead atoms. The van der Waals surface area contributed by atoms with E-state index in [0.717, 1.165) is 6.92 Å². The van der Waals surface area contributed by atoms with Gasteiger partial charge in [0.2, 0.25) is 0 Å². The van der Waals surface area contributed by atoms with Crippen LogP contribution in [0.4, 0.5) is 4.79 Å². The van der Waals surface area contributed by atoms with Gasteiger partial charge in [0.15, 0.2) is 17.5 Å². The second kappa shape index (κ2) is 16.0. The summed E-state index contributed by atoms with van der Waals surface area (Å²) >= 11 is 0. The number of benzene rings is 2. The second-order valence-electron chi connectivity index (χ2n) is 18.1. The minimum absolute atomic E-state index is 0.0657. The third-order valence-electron chi connectivity index (χ3n) is 12.9. The summed E-state index contributed by atoms with van der Waals surface area (Å²) in [4.78, 5) is 69.2. The molecule has 4 aliphatic rings. The number of ether oxygens (including phenoxy) is 5. The van der Waals surface area contributed by atoms with Crippen molar-refractivity contribution >= 4 is 29.8 Å². The summed E-state index contributed by atoms with van der Waals surface area (Å²) in [7, 11) is 0. The van der Waals surface area contributed by atoms with Gasteiger partial charge in [-0.15, -0.1) is 0 Å². The third kappa shape index (κ3) is 7.51. The van der Waals surface area contributed by atoms with E-state index in [-0.39, 0.29) is 35.3 Å². The molecule has 2 aromatic rings. The molecular formula is C44H55NO15. The van der Waals surface area contributed by atoms with Crippen LogP contribution in [0.3, 0.4) is 0 Å². The van der Waals surface area contributed by atoms with Crippen molar-refractivity contribution in [2.75, 3.05) is 6.61 Å². The Bertz CT molecular complexity index is 2060. The highest BCUT2D eigenvalue weighted by Gasteiger charge is 2.78. The Hall–Kier alpha value is -4.71. The SMILES string of the molecule is CC(=O)O[C@@]12CO[C@@H]1C[C@H](O)[C@@]1(C)C(=O)[C@H](O)C3=C(C)[C@@H](OC(=O)[C@H](O)[C@@H](NC(=O)OC(C)(C)C)c4cccc(CO)c4)C[C@@](O)([C@@H](OC(=O)c4ccccc4)[C@H]21)C3(C)C. The second-order valence-corrected chi connectivity index (χ2v) is 18.1. The van der Waals surface area contributed by atoms with Crippen LogP contribution in [0.15, 0.2) is 65.7 Å². The van der Waals surface area contributed by atoms with Gasteiger partial charge in [0.1, 0.15) is 35.6 Å². The predicted octanol–water partition coefficient (Wildman–Crippen LogP) is 2.75. The Labute approximate surface area is 347 Å². The van der Waals surface area contributed by atoms with Gasteiger partial charge in [0.05, 0.1) is 42.3 Å². The molecule has 3 aliphatic carbocycles. The number of aliphatic hydroxyl groups excluding tert-OH is 4. The summed E-state index contributed by atoms with van der Waals surface area (Å²) < 4.78 is 29.5. The van der Waals surface area contributed by atoms with Crippen molar-refractivity contribution < 1.29 is 73.2 Å². The van der Waals surface area contributed by atoms with E-state index in [1.54, 1.807) is 51.1 Å². The van der Waals surface area contributed by atoms with Gasteiger partial charge in [-0.1, -0.05) is 56.3 Å². The number of ketones is 1. The summed E-state index contributed by atoms with van der Waals surface area (Å²) in [6.45, 7) is 11.2. The van der Waals surface area contributed by atoms with Crippen LogP contribution >= 0.6 is 0 Å². The Kier molecular flexibility index (Phi) is 11.9. The van der Waals surface area contributed by atoms with Crippen LogP contribution in [-0.4, -0.2) is 115 Å². The van der Waals surface area contributed by atoms with E-state index < -0.39 is 119 Å². The molecule has 16 nitrogen and oxygen atoms in total. The van der Waals surface area contributed by atoms with Crippen molar-refractivity contribution in [2.24, 2.45) is 16.7 Å². The highest BCUT2D eigenvalue weighted by atomic mass is 16.6. The van der Waals surface area contributed by atoms with Gasteiger partial charge in [-0.3, -0.25) is 9.59 Å². The minimum Gasteiger partial charge on any atom is -0.456 e. The number of alkyl carbamates (subject to hydrolysis) is 1. The lowest BCUT2D eigenvalue weighted by Crippen LogP contribution is -2.81. The van der Waals surface area contributed by atoms with Gasteiger partial charge < -0.3 is 54.5 Å². The van der Waals surface area contributed by atoms with E-state index in [0.29, 0.717) is 5.56 Å². The molecule has 0 radical (unpaired) electrons. The highest BCUT2D eigenvalue weighted by molar-refractivity contribution is 5.94. The zero-order valence-electron chi connectivity index (χ0n) is 35.0. The van der Waals surface area contributed by atoms with Gasteiger partial charge >= 0.3 is 24.0 Å². The number of carbonyl (C=O) groups is 5. The lowest BCUT2D eigenvalue weighted by Gasteiger charge is -2.67. The van der Waals surface area contributed by atoms with Gasteiger partial charge in [0, 0.05) is 25.2 Å². The first-order valence-corrected chi connectivity index (χ1v) is 19.9. The summed E-state index contributed by atoms with van der Waals surface area (Å²) in [6.07, 6.45) is -11.8. The number of carbonyl (C=O) groups excluding carboxylic acids is 5. The van der Waals surface area contributed by atoms with Crippen LogP contribution in [0.1, 0.15) is 95.8 Å². The predicted molar refractivity (Wildman–Crippen MR) is 210 cm³/mol. The molecule has 2 saturated carbocycles. The Morgan fingerprint density at radius 3 is 2.25 bits per heavy atom. The van der Waals surface area contributed by atoms with Gasteiger partial charge in [-0.2, -0.15) is 0 Å². The molecule has 6 N–H and O–H groups in total. The van der Waals surface area contributed by atoms with Crippen LogP contribution in [0, 0.1) is 16.7 Å². The first-order valence-electron chi connectivity index (χ1n) is 19.9. The normalized spacial score (nSPS) is 33.0. The molecule has 60 heavy (non-hydrogen) atoms. The van der Waals surface area contributed by atoms with Gasteiger partial charge in [0.25, 0.3) is 0 Å². The zero-order valence-corrected chi connectivity index (χ0v) is 35.0. The fourth-order valence-corrected chi connectivity index (χ4v) is 9.78. The van der Waals surface area contributed by atoms with Crippen molar-refractivity contribution in [1.29, 1.82) is 0 Å². The maximum Gasteiger partial charge on any atom is 0.408 e. The fraction of sp³-hybridized carbons (Fsp3) is 0.568. The van der Waals surface area contributed by atoms with Crippen molar-refractivity contribution in [1.82, 2.24) is 5.32 Å². The standard InChI is InChI=1S/C44H55NO15/c1-22-27(57-38(53)33(50)31(45-39(54)60-40(3,4)5)26-16-12-13-24(17-26)20-46)19-44(55)36(58-37(52)25-14-10-9-11-15-25)34-42(8,35(51)32(49)30(22)41(44,6)7)28(48)18-29-43(34,21-56-29)59-23(2)47/h9-17,27-29,31-34,36,46,48-50,55H,18-21H2,1-8H3,(H,45,54)/t27-,28-,29+,31-,32+,33+,34-,36-,42+,43-,44+/m0/s1. The first kappa shape index (κ1) is 44.8. The molecule has 326 valence electrons. The number of fused-ring (bicyclic) bond motifs is 5. The van der Waals surface area contributed by atoms with Crippen molar-refractivity contribution in [3.63, 3.8) is 0 Å². The van der Waals surface area contributed by atoms with E-state index >= 15 is 0 Å². The van der Waals surface area contributed by atoms with Crippen LogP contribution in [-0.2, 0) is 44.7 Å². The van der Waals surface area contributed by atoms with E-state index in [2.05, 4.69) is 5.32 Å². The molecule has 1 aliphatic heterocycles. The lowest BCUT2D eigenvalue weighted by molar-refractivity contribution is -0.346. The third-order valence-corrected chi connectivity index (χ3v) is 12.9. The Morgan fingerprint density at radius 2 is 1.67 bits per heavy atom. The van der Waals surface area contributed by atoms with Crippen LogP contribution < -0.4 is 5.32 Å². The van der Waals surface area contributed by atoms with Crippen LogP contribution in [0.25, 0.3) is 0 Å². The quantitative estimate of drug-likeness (QED) is 0.121. The summed E-state index contributed by atoms with van der Waals surface area (Å²) in [6, 6.07) is 12.4. The smallest absolute Gasteiger partial charge is 0.408 e. The molecule has 0 aromatic heterocycles. The number of Topliss-reactive ketones (excluding diaryl/α,β-unsaturated/α-hetero) is 1.